The lowest BCUT2D eigenvalue weighted by Gasteiger charge is -2.13. The molecule has 0 spiro atoms. The van der Waals surface area contributed by atoms with E-state index in [1.165, 1.54) is 35.9 Å². The summed E-state index contributed by atoms with van der Waals surface area (Å²) >= 11 is 0. The van der Waals surface area contributed by atoms with Gasteiger partial charge in [0.25, 0.3) is 5.56 Å². The van der Waals surface area contributed by atoms with Crippen molar-refractivity contribution in [2.75, 3.05) is 7.11 Å². The van der Waals surface area contributed by atoms with Crippen LogP contribution >= 0.6 is 0 Å². The van der Waals surface area contributed by atoms with Crippen LogP contribution in [0.15, 0.2) is 70.5 Å². The van der Waals surface area contributed by atoms with Crippen molar-refractivity contribution >= 4 is 23.1 Å². The number of hydrogen-bond acceptors (Lipinski definition) is 7. The highest BCUT2D eigenvalue weighted by Gasteiger charge is 2.21. The van der Waals surface area contributed by atoms with Gasteiger partial charge in [0.05, 0.1) is 25.5 Å². The number of carbonyl (C=O) groups excluding carboxylic acids is 2. The van der Waals surface area contributed by atoms with E-state index in [2.05, 4.69) is 9.72 Å². The van der Waals surface area contributed by atoms with Crippen molar-refractivity contribution in [1.82, 2.24) is 18.7 Å². The summed E-state index contributed by atoms with van der Waals surface area (Å²) in [5.41, 5.74) is 0.366. The van der Waals surface area contributed by atoms with Crippen LogP contribution in [-0.2, 0) is 29.2 Å². The molecule has 2 aromatic carbocycles. The number of ether oxygens (including phenoxy) is 2. The summed E-state index contributed by atoms with van der Waals surface area (Å²) in [5.74, 6) is -0.941. The van der Waals surface area contributed by atoms with Crippen LogP contribution in [0.2, 0.25) is 0 Å². The minimum atomic E-state index is -0.805. The molecule has 186 valence electrons. The summed E-state index contributed by atoms with van der Waals surface area (Å²) < 4.78 is 13.9. The Kier molecular flexibility index (Phi) is 7.14. The predicted molar refractivity (Wildman–Crippen MR) is 132 cm³/mol. The summed E-state index contributed by atoms with van der Waals surface area (Å²) in [6, 6.07) is 15.1. The van der Waals surface area contributed by atoms with Gasteiger partial charge in [-0.25, -0.2) is 23.9 Å². The van der Waals surface area contributed by atoms with Crippen molar-refractivity contribution in [2.45, 2.75) is 33.5 Å². The average molecular weight is 491 g/mol. The van der Waals surface area contributed by atoms with Gasteiger partial charge in [-0.15, -0.1) is 0 Å². The molecule has 0 unspecified atom stereocenters. The Bertz CT molecular complexity index is 1510. The maximum atomic E-state index is 13.4. The van der Waals surface area contributed by atoms with Crippen LogP contribution in [0.25, 0.3) is 11.2 Å². The van der Waals surface area contributed by atoms with E-state index in [0.717, 1.165) is 10.1 Å². The van der Waals surface area contributed by atoms with Crippen LogP contribution in [0.1, 0.15) is 29.8 Å². The molecule has 0 saturated heterocycles. The Morgan fingerprint density at radius 3 is 2.31 bits per heavy atom. The third-order valence-corrected chi connectivity index (χ3v) is 5.52. The highest BCUT2D eigenvalue weighted by Crippen LogP contribution is 2.14. The molecule has 0 N–H and O–H groups in total. The van der Waals surface area contributed by atoms with Gasteiger partial charge in [0, 0.05) is 6.54 Å². The largest absolute Gasteiger partial charge is 0.465 e. The summed E-state index contributed by atoms with van der Waals surface area (Å²) in [6.07, 6.45) is 1.54. The smallest absolute Gasteiger partial charge is 0.337 e. The molecule has 2 heterocycles. The molecule has 0 saturated carbocycles. The second kappa shape index (κ2) is 10.4. The minimum Gasteiger partial charge on any atom is -0.465 e. The van der Waals surface area contributed by atoms with Gasteiger partial charge in [-0.2, -0.15) is 0 Å². The van der Waals surface area contributed by atoms with E-state index in [0.29, 0.717) is 12.1 Å². The van der Waals surface area contributed by atoms with Gasteiger partial charge >= 0.3 is 17.6 Å². The number of imidazole rings is 1. The highest BCUT2D eigenvalue weighted by atomic mass is 16.5. The van der Waals surface area contributed by atoms with Crippen molar-refractivity contribution in [3.8, 4) is 5.75 Å². The summed E-state index contributed by atoms with van der Waals surface area (Å²) in [4.78, 5) is 55.5. The first kappa shape index (κ1) is 24.6. The zero-order valence-electron chi connectivity index (χ0n) is 20.2. The second-order valence-corrected chi connectivity index (χ2v) is 8.70. The van der Waals surface area contributed by atoms with Crippen LogP contribution in [0.4, 0.5) is 0 Å². The normalized spacial score (nSPS) is 11.1. The Hall–Kier alpha value is -4.47. The third kappa shape index (κ3) is 5.12. The number of aromatic nitrogens is 4. The number of fused-ring (bicyclic) bond motifs is 1. The molecule has 0 aliphatic heterocycles. The van der Waals surface area contributed by atoms with Crippen LogP contribution in [-0.4, -0.2) is 37.7 Å². The fourth-order valence-corrected chi connectivity index (χ4v) is 3.89. The summed E-state index contributed by atoms with van der Waals surface area (Å²) in [6.45, 7) is 4.12. The number of carbonyl (C=O) groups is 2. The van der Waals surface area contributed by atoms with E-state index < -0.39 is 29.7 Å². The van der Waals surface area contributed by atoms with E-state index in [9.17, 15) is 19.2 Å². The molecule has 0 aliphatic rings. The molecular formula is C26H26N4O6. The Labute approximate surface area is 206 Å². The summed E-state index contributed by atoms with van der Waals surface area (Å²) in [5, 5.41) is 0. The van der Waals surface area contributed by atoms with E-state index in [1.807, 2.05) is 44.2 Å². The molecule has 0 fully saturated rings. The highest BCUT2D eigenvalue weighted by molar-refractivity contribution is 5.89. The predicted octanol–water partition coefficient (Wildman–Crippen LogP) is 2.46. The lowest BCUT2D eigenvalue weighted by molar-refractivity contribution is -0.135. The van der Waals surface area contributed by atoms with Gasteiger partial charge in [-0.3, -0.25) is 9.36 Å². The molecular weight excluding hydrogens is 464 g/mol. The van der Waals surface area contributed by atoms with Crippen LogP contribution in [0.3, 0.4) is 0 Å². The SMILES string of the molecule is COC(=O)c1ccc(OC(=O)Cn2c(=O)c3c(ncn3CC(C)C)n(Cc3ccccc3)c2=O)cc1. The fourth-order valence-electron chi connectivity index (χ4n) is 3.89. The van der Waals surface area contributed by atoms with Crippen molar-refractivity contribution in [3.63, 3.8) is 0 Å². The first-order chi connectivity index (χ1) is 17.3. The molecule has 0 amide bonds. The van der Waals surface area contributed by atoms with E-state index in [4.69, 9.17) is 4.74 Å². The van der Waals surface area contributed by atoms with Gasteiger partial charge in [0.2, 0.25) is 0 Å². The third-order valence-electron chi connectivity index (χ3n) is 5.52. The van der Waals surface area contributed by atoms with Crippen molar-refractivity contribution in [2.24, 2.45) is 5.92 Å². The second-order valence-electron chi connectivity index (χ2n) is 8.70. The monoisotopic (exact) mass is 490 g/mol. The molecule has 2 aromatic heterocycles. The summed E-state index contributed by atoms with van der Waals surface area (Å²) in [7, 11) is 1.27. The average Bonchev–Trinajstić information content (AvgIpc) is 3.28. The molecule has 36 heavy (non-hydrogen) atoms. The molecule has 0 bridgehead atoms. The number of hydrogen-bond donors (Lipinski definition) is 0. The van der Waals surface area contributed by atoms with Crippen LogP contribution < -0.4 is 16.0 Å². The van der Waals surface area contributed by atoms with Crippen molar-refractivity contribution < 1.29 is 19.1 Å². The molecule has 0 radical (unpaired) electrons. The zero-order valence-corrected chi connectivity index (χ0v) is 20.2. The van der Waals surface area contributed by atoms with E-state index in [1.54, 1.807) is 10.9 Å². The lowest BCUT2D eigenvalue weighted by Crippen LogP contribution is -2.43. The molecule has 4 aromatic rings. The number of esters is 2. The Balaban J connectivity index is 1.71. The number of nitrogens with zero attached hydrogens (tertiary/aromatic N) is 4. The van der Waals surface area contributed by atoms with Crippen molar-refractivity contribution in [3.05, 3.63) is 92.9 Å². The van der Waals surface area contributed by atoms with Gasteiger partial charge in [-0.1, -0.05) is 44.2 Å². The maximum Gasteiger partial charge on any atom is 0.337 e. The van der Waals surface area contributed by atoms with Gasteiger partial charge in [0.15, 0.2) is 11.2 Å². The van der Waals surface area contributed by atoms with Gasteiger partial charge in [0.1, 0.15) is 12.3 Å². The molecule has 0 aliphatic carbocycles. The molecule has 10 nitrogen and oxygen atoms in total. The van der Waals surface area contributed by atoms with E-state index >= 15 is 0 Å². The minimum absolute atomic E-state index is 0.163. The van der Waals surface area contributed by atoms with E-state index in [-0.39, 0.29) is 29.4 Å². The van der Waals surface area contributed by atoms with Gasteiger partial charge < -0.3 is 14.0 Å². The molecule has 10 heteroatoms. The Morgan fingerprint density at radius 1 is 0.972 bits per heavy atom. The molecule has 0 atom stereocenters. The van der Waals surface area contributed by atoms with Crippen molar-refractivity contribution in [1.29, 1.82) is 0 Å². The lowest BCUT2D eigenvalue weighted by atomic mass is 10.2. The van der Waals surface area contributed by atoms with Crippen LogP contribution in [0.5, 0.6) is 5.75 Å². The Morgan fingerprint density at radius 2 is 1.67 bits per heavy atom. The quantitative estimate of drug-likeness (QED) is 0.275. The fraction of sp³-hybridized carbons (Fsp3) is 0.269. The maximum absolute atomic E-state index is 13.4. The number of methoxy groups -OCH3 is 1. The number of benzene rings is 2. The first-order valence-electron chi connectivity index (χ1n) is 11.4. The topological polar surface area (TPSA) is 114 Å². The van der Waals surface area contributed by atoms with Gasteiger partial charge in [-0.05, 0) is 35.7 Å². The molecule has 4 rings (SSSR count). The zero-order chi connectivity index (χ0) is 25.8. The standard InChI is InChI=1S/C26H26N4O6/c1-17(2)13-28-16-27-23-22(28)24(32)30(26(34)29(23)14-18-7-5-4-6-8-18)15-21(31)36-20-11-9-19(10-12-20)25(33)35-3/h4-12,16-17H,13-15H2,1-3H3. The number of rotatable bonds is 8. The van der Waals surface area contributed by atoms with Crippen LogP contribution in [0, 0.1) is 5.92 Å². The first-order valence-corrected chi connectivity index (χ1v) is 11.4.